The minimum atomic E-state index is -2.86. The second kappa shape index (κ2) is 35.1. The van der Waals surface area contributed by atoms with Crippen LogP contribution < -0.4 is 21.2 Å². The molecule has 0 atom stereocenters. The summed E-state index contributed by atoms with van der Waals surface area (Å²) < 4.78 is 39.3. The molecule has 0 bridgehead atoms. The van der Waals surface area contributed by atoms with E-state index in [1.54, 1.807) is 18.6 Å². The molecule has 0 fully saturated rings. The van der Waals surface area contributed by atoms with Gasteiger partial charge in [-0.25, -0.2) is 0 Å². The van der Waals surface area contributed by atoms with Crippen LogP contribution in [-0.2, 0) is 0 Å². The second-order valence-corrected chi connectivity index (χ2v) is 26.4. The average Bonchev–Trinajstić information content (AvgIpc) is 1.55. The van der Waals surface area contributed by atoms with E-state index in [9.17, 15) is 0 Å². The van der Waals surface area contributed by atoms with Crippen molar-refractivity contribution in [3.63, 3.8) is 0 Å². The molecule has 0 amide bonds. The summed E-state index contributed by atoms with van der Waals surface area (Å²) in [4.78, 5) is 18.1. The molecule has 17 aromatic rings. The van der Waals surface area contributed by atoms with Gasteiger partial charge in [0.05, 0.1) is 3.84 Å². The molecule has 0 saturated carbocycles. The number of hydrogen-bond acceptors (Lipinski definition) is 10. The Morgan fingerprint density at radius 1 is 0.318 bits per heavy atom. The van der Waals surface area contributed by atoms with Gasteiger partial charge < -0.3 is 21.2 Å². The van der Waals surface area contributed by atoms with Crippen molar-refractivity contribution >= 4 is 91.7 Å². The number of para-hydroxylation sites is 6. The maximum Gasteiger partial charge on any atom is 1.20 e. The monoisotopic (exact) mass is 1430 g/mol. The molecule has 0 spiro atoms. The van der Waals surface area contributed by atoms with Gasteiger partial charge in [-0.05, 0) is 175 Å². The van der Waals surface area contributed by atoms with Gasteiger partial charge in [-0.2, -0.15) is 9.73 Å². The Morgan fingerprint density at radius 2 is 0.617 bits per heavy atom. The van der Waals surface area contributed by atoms with Crippen LogP contribution in [0.1, 0.15) is 31.5 Å². The maximum atomic E-state index is 6.41. The normalized spacial score (nSPS) is 10.9. The van der Waals surface area contributed by atoms with Crippen LogP contribution in [0.25, 0.3) is 83.4 Å². The number of nitrogens with zero attached hydrogens (tertiary/aromatic N) is 8. The van der Waals surface area contributed by atoms with E-state index in [0.717, 1.165) is 95.3 Å². The molecule has 0 aliphatic carbocycles. The van der Waals surface area contributed by atoms with Gasteiger partial charge in [0.25, 0.3) is 0 Å². The van der Waals surface area contributed by atoms with Crippen molar-refractivity contribution < 1.29 is 11.4 Å². The van der Waals surface area contributed by atoms with Crippen molar-refractivity contribution in [3.8, 4) is 68.0 Å². The van der Waals surface area contributed by atoms with Gasteiger partial charge in [0.15, 0.2) is 11.6 Å². The lowest BCUT2D eigenvalue weighted by molar-refractivity contribution is 0.311. The first-order chi connectivity index (χ1) is 53.0. The zero-order valence-electron chi connectivity index (χ0n) is 61.1. The summed E-state index contributed by atoms with van der Waals surface area (Å²) in [5, 5.41) is 12.1. The Hall–Kier alpha value is -12.8. The van der Waals surface area contributed by atoms with Crippen LogP contribution in [0.5, 0.6) is 17.2 Å². The van der Waals surface area contributed by atoms with Crippen LogP contribution >= 0.6 is 9.73 Å². The van der Waals surface area contributed by atoms with Gasteiger partial charge in [-0.1, -0.05) is 257 Å². The lowest BCUT2D eigenvalue weighted by Gasteiger charge is -2.26. The van der Waals surface area contributed by atoms with Crippen molar-refractivity contribution in [1.29, 1.82) is 3.84 Å². The summed E-state index contributed by atoms with van der Waals surface area (Å²) >= 11 is -2.86. The third kappa shape index (κ3) is 17.4. The molecule has 0 saturated heterocycles. The zero-order chi connectivity index (χ0) is 74.0. The van der Waals surface area contributed by atoms with E-state index < -0.39 is 24.9 Å². The Labute approximate surface area is 639 Å². The SMILES string of the molecule is C.C.Cc1ccc(-c2nnc(-c3ccc(-c4ccccc4)cc3)n2-c2ccccc2)cc1.Cc1cccc(N(c2ccccc2)c2ccc(-c3ccc(N(c4ccccc4)c4cccc(C)c4)cc3)cc2)c1.[2H]P([3H])[3H].c1cnc2c([O][Al]([O]c3cccc4cccnc34)[O]c3cccc4cccnc34)cccc2c1. The Bertz CT molecular complexity index is 5440. The predicted molar refractivity (Wildman–Crippen MR) is 451 cm³/mol. The topological polar surface area (TPSA) is 104 Å². The maximum absolute atomic E-state index is 6.41. The summed E-state index contributed by atoms with van der Waals surface area (Å²) in [6, 6.07) is 123. The highest BCUT2D eigenvalue weighted by Crippen LogP contribution is 2.40. The molecule has 0 aliphatic heterocycles. The van der Waals surface area contributed by atoms with Crippen LogP contribution in [0.2, 0.25) is 0 Å². The number of fused-ring (bicyclic) bond motifs is 3. The molecular weight excluding hydrogens is 1350 g/mol. The van der Waals surface area contributed by atoms with Crippen molar-refractivity contribution in [2.24, 2.45) is 0 Å². The van der Waals surface area contributed by atoms with Gasteiger partial charge >= 0.3 is 15.1 Å². The third-order valence-electron chi connectivity index (χ3n) is 17.8. The van der Waals surface area contributed by atoms with Crippen molar-refractivity contribution in [2.45, 2.75) is 35.6 Å². The average molecular weight is 1430 g/mol. The first-order valence-corrected chi connectivity index (χ1v) is 36.0. The predicted octanol–water partition coefficient (Wildman–Crippen LogP) is 24.7. The number of benzene rings is 13. The largest absolute Gasteiger partial charge is 1.20 e. The highest BCUT2D eigenvalue weighted by atomic mass is 31.0. The minimum absolute atomic E-state index is 0. The van der Waals surface area contributed by atoms with E-state index in [0.29, 0.717) is 17.2 Å². The van der Waals surface area contributed by atoms with Gasteiger partial charge in [-0.3, -0.25) is 19.5 Å². The summed E-state index contributed by atoms with van der Waals surface area (Å²) in [7, 11) is -1.87. The molecule has 4 aromatic heterocycles. The lowest BCUT2D eigenvalue weighted by Crippen LogP contribution is -2.37. The number of anilines is 6. The zero-order valence-corrected chi connectivity index (χ0v) is 60.2. The lowest BCUT2D eigenvalue weighted by atomic mass is 10.0. The summed E-state index contributed by atoms with van der Waals surface area (Å²) in [6.45, 7) is 6.36. The molecule has 11 nitrogen and oxygen atoms in total. The molecule has 107 heavy (non-hydrogen) atoms. The van der Waals surface area contributed by atoms with E-state index in [4.69, 9.17) is 15.2 Å². The molecule has 0 N–H and O–H groups in total. The molecule has 0 aliphatic rings. The minimum Gasteiger partial charge on any atom is -0.576 e. The Morgan fingerprint density at radius 3 is 1.00 bits per heavy atom. The van der Waals surface area contributed by atoms with Crippen LogP contribution in [-0.4, -0.2) is 48.7 Å². The Balaban J connectivity index is 0.000000150. The third-order valence-corrected chi connectivity index (χ3v) is 19.2. The van der Waals surface area contributed by atoms with Crippen LogP contribution in [0.3, 0.4) is 0 Å². The van der Waals surface area contributed by atoms with Crippen molar-refractivity contribution in [1.82, 2.24) is 29.7 Å². The number of aryl methyl sites for hydroxylation is 3. The van der Waals surface area contributed by atoms with Crippen LogP contribution in [0.15, 0.2) is 377 Å². The highest BCUT2D eigenvalue weighted by Gasteiger charge is 2.46. The molecule has 17 rings (SSSR count). The van der Waals surface area contributed by atoms with E-state index >= 15 is 0 Å². The molecule has 13 aromatic carbocycles. The summed E-state index contributed by atoms with van der Waals surface area (Å²) in [6.07, 6.45) is 5.24. The summed E-state index contributed by atoms with van der Waals surface area (Å²) in [5.74, 6) is 3.49. The van der Waals surface area contributed by atoms with E-state index in [2.05, 4.69) is 303 Å². The van der Waals surface area contributed by atoms with Gasteiger partial charge in [0.1, 0.15) is 33.8 Å². The van der Waals surface area contributed by atoms with Gasteiger partial charge in [-0.15, -0.1) is 10.2 Å². The fourth-order valence-corrected chi connectivity index (χ4v) is 14.0. The van der Waals surface area contributed by atoms with Crippen LogP contribution in [0, 0.1) is 20.8 Å². The number of pyridine rings is 3. The van der Waals surface area contributed by atoms with E-state index in [-0.39, 0.29) is 14.9 Å². The molecule has 13 heteroatoms. The number of hydrogen-bond donors (Lipinski definition) is 0. The fourth-order valence-electron chi connectivity index (χ4n) is 12.7. The molecular formula is C94H82AlN8O3P. The van der Waals surface area contributed by atoms with Gasteiger partial charge in [0.2, 0.25) is 0 Å². The van der Waals surface area contributed by atoms with E-state index in [1.165, 1.54) is 38.9 Å². The highest BCUT2D eigenvalue weighted by molar-refractivity contribution is 6.92. The second-order valence-electron chi connectivity index (χ2n) is 25.1. The molecule has 0 unspecified atom stereocenters. The molecule has 4 heterocycles. The smallest absolute Gasteiger partial charge is 0.576 e. The van der Waals surface area contributed by atoms with E-state index in [1.807, 2.05) is 115 Å². The van der Waals surface area contributed by atoms with Crippen LogP contribution in [0.4, 0.5) is 34.1 Å². The standard InChI is InChI=1S/C38H32N2.C27H21N3.3C9H7NO.2CH4.Al.H3P/c1-29-11-9-17-37(27-29)39(33-13-5-3-6-14-33)35-23-19-31(20-24-35)32-21-25-36(26-22-32)40(34-15-7-4-8-16-34)38-18-10-12-30(2)28-38;1-20-12-14-23(15-13-20)26-28-29-27(30(26)25-10-6-3-7-11-25)24-18-16-22(17-19-24)21-8-4-2-5-9-21;3*11-8-5-1-3-7-4-2-6-10-9(7)8;;;;/h3-28H,1-2H3;2-19H,1H3;3*1-6,11H;2*1H4;;1H3/q;;;;;;;+3;/p-3/i;;;;;;;;1T2D. The van der Waals surface area contributed by atoms with Crippen molar-refractivity contribution in [2.75, 3.05) is 9.80 Å². The Kier molecular flexibility index (Phi) is 22.9. The molecule has 0 radical (unpaired) electrons. The summed E-state index contributed by atoms with van der Waals surface area (Å²) in [5.41, 5.74) is 20.7. The van der Waals surface area contributed by atoms with Crippen molar-refractivity contribution in [3.05, 3.63) is 393 Å². The fraction of sp³-hybridized carbons (Fsp3) is 0.0532. The quantitative estimate of drug-likeness (QED) is 0.0647. The number of aromatic nitrogens is 6. The first-order valence-electron chi connectivity index (χ1n) is 35.9. The molecule has 524 valence electrons. The first kappa shape index (κ1) is 69.9. The number of rotatable bonds is 17. The van der Waals surface area contributed by atoms with Gasteiger partial charge in [0, 0.05) is 85.7 Å².